The van der Waals surface area contributed by atoms with Gasteiger partial charge in [0.2, 0.25) is 0 Å². The van der Waals surface area contributed by atoms with Crippen LogP contribution in [0.3, 0.4) is 0 Å². The van der Waals surface area contributed by atoms with Crippen LogP contribution in [0, 0.1) is 0 Å². The third kappa shape index (κ3) is 11.8. The minimum Gasteiger partial charge on any atom is -0.478 e. The molecular formula is C16H26O8. The molecule has 0 aliphatic heterocycles. The highest BCUT2D eigenvalue weighted by Crippen LogP contribution is 2.10. The monoisotopic (exact) mass is 346 g/mol. The van der Waals surface area contributed by atoms with E-state index < -0.39 is 36.4 Å². The Balaban J connectivity index is 4.33. The molecule has 0 aliphatic carbocycles. The first-order valence-corrected chi connectivity index (χ1v) is 7.52. The molecule has 0 aromatic rings. The van der Waals surface area contributed by atoms with Gasteiger partial charge in [0.05, 0.1) is 24.4 Å². The second kappa shape index (κ2) is 12.7. The van der Waals surface area contributed by atoms with E-state index in [0.717, 1.165) is 18.2 Å². The van der Waals surface area contributed by atoms with E-state index in [-0.39, 0.29) is 6.79 Å². The van der Waals surface area contributed by atoms with E-state index in [2.05, 4.69) is 0 Å². The molecule has 0 saturated heterocycles. The van der Waals surface area contributed by atoms with Crippen molar-refractivity contribution in [1.82, 2.24) is 0 Å². The van der Waals surface area contributed by atoms with Gasteiger partial charge in [-0.25, -0.2) is 9.59 Å². The number of aliphatic carboxylic acids is 1. The zero-order valence-corrected chi connectivity index (χ0v) is 14.1. The molecule has 4 atom stereocenters. The lowest BCUT2D eigenvalue weighted by molar-refractivity contribution is -0.143. The fraction of sp³-hybridized carbons (Fsp3) is 0.625. The molecule has 0 aromatic heterocycles. The van der Waals surface area contributed by atoms with E-state index >= 15 is 0 Å². The lowest BCUT2D eigenvalue weighted by atomic mass is 10.1. The number of hydrogen-bond donors (Lipinski definition) is 3. The fourth-order valence-corrected chi connectivity index (χ4v) is 1.61. The van der Waals surface area contributed by atoms with Crippen LogP contribution in [-0.4, -0.2) is 65.6 Å². The van der Waals surface area contributed by atoms with Crippen LogP contribution in [0.15, 0.2) is 24.3 Å². The molecule has 0 heterocycles. The summed E-state index contributed by atoms with van der Waals surface area (Å²) in [6.07, 6.45) is 2.43. The van der Waals surface area contributed by atoms with Gasteiger partial charge in [0.25, 0.3) is 0 Å². The van der Waals surface area contributed by atoms with Gasteiger partial charge < -0.3 is 29.5 Å². The van der Waals surface area contributed by atoms with Crippen LogP contribution < -0.4 is 0 Å². The van der Waals surface area contributed by atoms with Crippen molar-refractivity contribution < 1.29 is 39.1 Å². The van der Waals surface area contributed by atoms with E-state index in [1.807, 2.05) is 0 Å². The van der Waals surface area contributed by atoms with Gasteiger partial charge in [0.1, 0.15) is 6.79 Å². The molecule has 0 saturated carbocycles. The summed E-state index contributed by atoms with van der Waals surface area (Å²) >= 11 is 0. The van der Waals surface area contributed by atoms with E-state index in [0.29, 0.717) is 12.8 Å². The molecule has 8 nitrogen and oxygen atoms in total. The molecule has 0 fully saturated rings. The van der Waals surface area contributed by atoms with E-state index in [1.54, 1.807) is 6.92 Å². The standard InChI is InChI=1S/C16H26O8/c1-11(24-16(21)9-7-14(18)12(2)17)4-5-13(23-10-22-3)6-8-15(19)20/h6-9,11-14,17-18H,4-5,10H2,1-3H3,(H,19,20)/b8-6+,9-7+/t11-,12-,13-,14-/m0/s1. The maximum absolute atomic E-state index is 11.6. The van der Waals surface area contributed by atoms with Gasteiger partial charge in [0.15, 0.2) is 0 Å². The number of carboxylic acids is 1. The predicted molar refractivity (Wildman–Crippen MR) is 85.1 cm³/mol. The number of carbonyl (C=O) groups excluding carboxylic acids is 1. The fourth-order valence-electron chi connectivity index (χ4n) is 1.61. The second-order valence-electron chi connectivity index (χ2n) is 5.22. The third-order valence-corrected chi connectivity index (χ3v) is 2.95. The van der Waals surface area contributed by atoms with Crippen LogP contribution in [0.4, 0.5) is 0 Å². The van der Waals surface area contributed by atoms with Crippen LogP contribution >= 0.6 is 0 Å². The first-order valence-electron chi connectivity index (χ1n) is 7.52. The molecule has 0 aromatic carbocycles. The van der Waals surface area contributed by atoms with Gasteiger partial charge in [-0.1, -0.05) is 0 Å². The quantitative estimate of drug-likeness (QED) is 0.267. The molecule has 24 heavy (non-hydrogen) atoms. The molecule has 138 valence electrons. The Kier molecular flexibility index (Phi) is 11.7. The Hall–Kier alpha value is -1.74. The van der Waals surface area contributed by atoms with E-state index in [1.165, 1.54) is 20.1 Å². The van der Waals surface area contributed by atoms with E-state index in [9.17, 15) is 14.7 Å². The van der Waals surface area contributed by atoms with Crippen molar-refractivity contribution >= 4 is 11.9 Å². The van der Waals surface area contributed by atoms with E-state index in [4.69, 9.17) is 24.4 Å². The van der Waals surface area contributed by atoms with Crippen molar-refractivity contribution in [3.05, 3.63) is 24.3 Å². The summed E-state index contributed by atoms with van der Waals surface area (Å²) < 4.78 is 15.2. The third-order valence-electron chi connectivity index (χ3n) is 2.95. The summed E-state index contributed by atoms with van der Waals surface area (Å²) in [5.74, 6) is -1.72. The van der Waals surface area contributed by atoms with Gasteiger partial charge >= 0.3 is 11.9 Å². The summed E-state index contributed by atoms with van der Waals surface area (Å²) in [7, 11) is 1.45. The van der Waals surface area contributed by atoms with Gasteiger partial charge in [-0.2, -0.15) is 0 Å². The molecule has 8 heteroatoms. The molecule has 0 radical (unpaired) electrons. The minimum atomic E-state index is -1.14. The SMILES string of the molecule is COCO[C@H](/C=C/C(=O)O)CC[C@H](C)OC(=O)/C=C/[C@H](O)[C@H](C)O. The molecule has 0 amide bonds. The molecule has 0 bridgehead atoms. The zero-order valence-electron chi connectivity index (χ0n) is 14.1. The van der Waals surface area contributed by atoms with Crippen molar-refractivity contribution in [2.45, 2.75) is 51.1 Å². The lowest BCUT2D eigenvalue weighted by Gasteiger charge is -2.17. The zero-order chi connectivity index (χ0) is 18.5. The molecule has 0 unspecified atom stereocenters. The number of carbonyl (C=O) groups is 2. The van der Waals surface area contributed by atoms with Crippen molar-refractivity contribution in [2.75, 3.05) is 13.9 Å². The van der Waals surface area contributed by atoms with Crippen molar-refractivity contribution in [2.24, 2.45) is 0 Å². The highest BCUT2D eigenvalue weighted by atomic mass is 16.7. The first kappa shape index (κ1) is 22.3. The maximum Gasteiger partial charge on any atom is 0.330 e. The summed E-state index contributed by atoms with van der Waals surface area (Å²) in [5.41, 5.74) is 0. The topological polar surface area (TPSA) is 123 Å². The molecular weight excluding hydrogens is 320 g/mol. The highest BCUT2D eigenvalue weighted by molar-refractivity contribution is 5.82. The average Bonchev–Trinajstić information content (AvgIpc) is 2.51. The number of carboxylic acid groups (broad SMARTS) is 1. The normalized spacial score (nSPS) is 16.9. The van der Waals surface area contributed by atoms with Gasteiger partial charge in [-0.15, -0.1) is 0 Å². The Morgan fingerprint density at radius 3 is 2.29 bits per heavy atom. The molecule has 0 aliphatic rings. The van der Waals surface area contributed by atoms with Crippen LogP contribution in [0.1, 0.15) is 26.7 Å². The number of ether oxygens (including phenoxy) is 3. The van der Waals surface area contributed by atoms with Crippen LogP contribution in [0.5, 0.6) is 0 Å². The summed E-state index contributed by atoms with van der Waals surface area (Å²) in [5, 5.41) is 27.1. The van der Waals surface area contributed by atoms with Crippen molar-refractivity contribution in [3.63, 3.8) is 0 Å². The predicted octanol–water partition coefficient (Wildman–Crippen LogP) is 0.626. The number of aliphatic hydroxyl groups is 2. The maximum atomic E-state index is 11.6. The number of hydrogen-bond acceptors (Lipinski definition) is 7. The van der Waals surface area contributed by atoms with Gasteiger partial charge in [-0.05, 0) is 38.8 Å². The summed E-state index contributed by atoms with van der Waals surface area (Å²) in [6.45, 7) is 3.10. The highest BCUT2D eigenvalue weighted by Gasteiger charge is 2.13. The first-order chi connectivity index (χ1) is 11.3. The van der Waals surface area contributed by atoms with Crippen molar-refractivity contribution in [1.29, 1.82) is 0 Å². The summed E-state index contributed by atoms with van der Waals surface area (Å²) in [6, 6.07) is 0. The second-order valence-corrected chi connectivity index (χ2v) is 5.22. The summed E-state index contributed by atoms with van der Waals surface area (Å²) in [4.78, 5) is 22.1. The number of aliphatic hydroxyl groups excluding tert-OH is 2. The Morgan fingerprint density at radius 2 is 1.75 bits per heavy atom. The van der Waals surface area contributed by atoms with Gasteiger partial charge in [-0.3, -0.25) is 0 Å². The van der Waals surface area contributed by atoms with Gasteiger partial charge in [0, 0.05) is 19.3 Å². The van der Waals surface area contributed by atoms with Crippen LogP contribution in [0.25, 0.3) is 0 Å². The Bertz CT molecular complexity index is 430. The average molecular weight is 346 g/mol. The molecule has 3 N–H and O–H groups in total. The number of esters is 1. The number of rotatable bonds is 12. The minimum absolute atomic E-state index is 0.0166. The smallest absolute Gasteiger partial charge is 0.330 e. The van der Waals surface area contributed by atoms with Crippen molar-refractivity contribution in [3.8, 4) is 0 Å². The largest absolute Gasteiger partial charge is 0.478 e. The van der Waals surface area contributed by atoms with Crippen LogP contribution in [0.2, 0.25) is 0 Å². The number of methoxy groups -OCH3 is 1. The van der Waals surface area contributed by atoms with Crippen LogP contribution in [-0.2, 0) is 23.8 Å². The molecule has 0 spiro atoms. The Morgan fingerprint density at radius 1 is 1.08 bits per heavy atom. The lowest BCUT2D eigenvalue weighted by Crippen LogP contribution is -2.21. The molecule has 0 rings (SSSR count). The Labute approximate surface area is 141 Å².